The molecule has 0 saturated carbocycles. The Balaban J connectivity index is 1.77. The summed E-state index contributed by atoms with van der Waals surface area (Å²) in [7, 11) is 2.00. The molecule has 100 valence electrons. The smallest absolute Gasteiger partial charge is 0.224 e. The van der Waals surface area contributed by atoms with Crippen LogP contribution in [0.3, 0.4) is 0 Å². The van der Waals surface area contributed by atoms with Crippen molar-refractivity contribution in [3.8, 4) is 0 Å². The zero-order valence-electron chi connectivity index (χ0n) is 11.5. The van der Waals surface area contributed by atoms with Crippen molar-refractivity contribution >= 4 is 5.91 Å². The summed E-state index contributed by atoms with van der Waals surface area (Å²) in [5.74, 6) is 0.0882. The van der Waals surface area contributed by atoms with Gasteiger partial charge in [-0.05, 0) is 36.1 Å². The van der Waals surface area contributed by atoms with Crippen LogP contribution in [0.15, 0.2) is 42.7 Å². The molecule has 0 aliphatic heterocycles. The normalized spacial score (nSPS) is 10.4. The lowest BCUT2D eigenvalue weighted by molar-refractivity contribution is -0.120. The van der Waals surface area contributed by atoms with E-state index in [1.165, 1.54) is 11.1 Å². The number of aromatic nitrogens is 1. The molecule has 1 aromatic carbocycles. The number of aryl methyl sites for hydroxylation is 2. The highest BCUT2D eigenvalue weighted by molar-refractivity contribution is 5.78. The van der Waals surface area contributed by atoms with Crippen molar-refractivity contribution in [3.63, 3.8) is 0 Å². The molecule has 0 aliphatic rings. The predicted molar refractivity (Wildman–Crippen MR) is 77.0 cm³/mol. The van der Waals surface area contributed by atoms with Gasteiger partial charge in [0, 0.05) is 26.0 Å². The summed E-state index contributed by atoms with van der Waals surface area (Å²) in [6.07, 6.45) is 5.43. The van der Waals surface area contributed by atoms with E-state index in [1.54, 1.807) is 0 Å². The average molecular weight is 256 g/mol. The highest BCUT2D eigenvalue weighted by atomic mass is 16.1. The van der Waals surface area contributed by atoms with Crippen LogP contribution < -0.4 is 5.32 Å². The van der Waals surface area contributed by atoms with Crippen LogP contribution in [0.4, 0.5) is 0 Å². The fourth-order valence-corrected chi connectivity index (χ4v) is 2.10. The lowest BCUT2D eigenvalue weighted by atomic mass is 10.1. The first-order chi connectivity index (χ1) is 9.15. The molecule has 0 unspecified atom stereocenters. The molecule has 1 amide bonds. The maximum Gasteiger partial charge on any atom is 0.224 e. The van der Waals surface area contributed by atoms with Crippen molar-refractivity contribution in [1.82, 2.24) is 9.88 Å². The number of carbonyl (C=O) groups is 1. The van der Waals surface area contributed by atoms with E-state index in [4.69, 9.17) is 0 Å². The van der Waals surface area contributed by atoms with Gasteiger partial charge in [0.05, 0.1) is 6.42 Å². The molecule has 0 atom stereocenters. The lowest BCUT2D eigenvalue weighted by Crippen LogP contribution is -2.27. The van der Waals surface area contributed by atoms with Gasteiger partial charge in [-0.3, -0.25) is 4.79 Å². The van der Waals surface area contributed by atoms with Gasteiger partial charge < -0.3 is 9.88 Å². The summed E-state index contributed by atoms with van der Waals surface area (Å²) < 4.78 is 2.02. The lowest BCUT2D eigenvalue weighted by Gasteiger charge is -2.06. The van der Waals surface area contributed by atoms with Crippen LogP contribution >= 0.6 is 0 Å². The summed E-state index contributed by atoms with van der Waals surface area (Å²) in [4.78, 5) is 11.8. The second-order valence-electron chi connectivity index (χ2n) is 4.89. The molecule has 19 heavy (non-hydrogen) atoms. The summed E-state index contributed by atoms with van der Waals surface area (Å²) in [6, 6.07) is 10.1. The summed E-state index contributed by atoms with van der Waals surface area (Å²) >= 11 is 0. The minimum Gasteiger partial charge on any atom is -0.357 e. The van der Waals surface area contributed by atoms with E-state index >= 15 is 0 Å². The second kappa shape index (κ2) is 6.23. The topological polar surface area (TPSA) is 34.0 Å². The molecule has 0 aliphatic carbocycles. The number of nitrogens with zero attached hydrogens (tertiary/aromatic N) is 1. The first kappa shape index (κ1) is 13.4. The van der Waals surface area contributed by atoms with E-state index in [-0.39, 0.29) is 5.91 Å². The molecule has 1 N–H and O–H groups in total. The van der Waals surface area contributed by atoms with Gasteiger partial charge in [0.15, 0.2) is 0 Å². The minimum atomic E-state index is 0.0882. The Kier molecular flexibility index (Phi) is 4.39. The van der Waals surface area contributed by atoms with Gasteiger partial charge in [-0.2, -0.15) is 0 Å². The third-order valence-electron chi connectivity index (χ3n) is 3.24. The third kappa shape index (κ3) is 3.98. The number of nitrogens with one attached hydrogen (secondary N) is 1. The van der Waals surface area contributed by atoms with Crippen molar-refractivity contribution in [2.75, 3.05) is 6.54 Å². The highest BCUT2D eigenvalue weighted by Gasteiger charge is 2.05. The standard InChI is InChI=1S/C16H20N2O/c1-13-5-3-4-6-15(13)11-16(19)17-9-7-14-8-10-18(2)12-14/h3-6,8,10,12H,7,9,11H2,1-2H3,(H,17,19). The van der Waals surface area contributed by atoms with E-state index in [0.717, 1.165) is 12.0 Å². The van der Waals surface area contributed by atoms with Crippen LogP contribution in [0.5, 0.6) is 0 Å². The van der Waals surface area contributed by atoms with Crippen LogP contribution in [-0.2, 0) is 24.7 Å². The van der Waals surface area contributed by atoms with Crippen LogP contribution in [0.1, 0.15) is 16.7 Å². The molecule has 0 spiro atoms. The summed E-state index contributed by atoms with van der Waals surface area (Å²) in [5.41, 5.74) is 3.51. The molecular formula is C16H20N2O. The number of hydrogen-bond donors (Lipinski definition) is 1. The van der Waals surface area contributed by atoms with Crippen molar-refractivity contribution < 1.29 is 4.79 Å². The van der Waals surface area contributed by atoms with E-state index < -0.39 is 0 Å². The Hall–Kier alpha value is -2.03. The maximum atomic E-state index is 11.8. The van der Waals surface area contributed by atoms with E-state index in [1.807, 2.05) is 49.0 Å². The van der Waals surface area contributed by atoms with Gasteiger partial charge in [-0.1, -0.05) is 24.3 Å². The largest absolute Gasteiger partial charge is 0.357 e. The number of rotatable bonds is 5. The summed E-state index contributed by atoms with van der Waals surface area (Å²) in [6.45, 7) is 2.72. The molecule has 0 saturated heterocycles. The van der Waals surface area contributed by atoms with Crippen LogP contribution in [0.2, 0.25) is 0 Å². The molecule has 2 aromatic rings. The monoisotopic (exact) mass is 256 g/mol. The first-order valence-corrected chi connectivity index (χ1v) is 6.57. The van der Waals surface area contributed by atoms with Crippen LogP contribution in [-0.4, -0.2) is 17.0 Å². The molecule has 2 rings (SSSR count). The Labute approximate surface area is 114 Å². The van der Waals surface area contributed by atoms with E-state index in [2.05, 4.69) is 17.6 Å². The predicted octanol–water partition coefficient (Wildman–Crippen LogP) is 2.23. The maximum absolute atomic E-state index is 11.8. The third-order valence-corrected chi connectivity index (χ3v) is 3.24. The van der Waals surface area contributed by atoms with Crippen molar-refractivity contribution in [3.05, 3.63) is 59.4 Å². The van der Waals surface area contributed by atoms with Gasteiger partial charge in [0.25, 0.3) is 0 Å². The molecule has 0 fully saturated rings. The second-order valence-corrected chi connectivity index (χ2v) is 4.89. The molecular weight excluding hydrogens is 236 g/mol. The zero-order valence-corrected chi connectivity index (χ0v) is 11.5. The quantitative estimate of drug-likeness (QED) is 0.874. The number of benzene rings is 1. The van der Waals surface area contributed by atoms with Crippen molar-refractivity contribution in [1.29, 1.82) is 0 Å². The fraction of sp³-hybridized carbons (Fsp3) is 0.312. The Morgan fingerprint density at radius 1 is 1.26 bits per heavy atom. The van der Waals surface area contributed by atoms with Gasteiger partial charge in [-0.25, -0.2) is 0 Å². The average Bonchev–Trinajstić information content (AvgIpc) is 2.78. The number of carbonyl (C=O) groups excluding carboxylic acids is 1. The van der Waals surface area contributed by atoms with Crippen LogP contribution in [0, 0.1) is 6.92 Å². The van der Waals surface area contributed by atoms with Gasteiger partial charge >= 0.3 is 0 Å². The summed E-state index contributed by atoms with van der Waals surface area (Å²) in [5, 5.41) is 2.97. The molecule has 0 radical (unpaired) electrons. The molecule has 1 heterocycles. The Morgan fingerprint density at radius 2 is 2.05 bits per heavy atom. The van der Waals surface area contributed by atoms with E-state index in [9.17, 15) is 4.79 Å². The van der Waals surface area contributed by atoms with Gasteiger partial charge in [0.1, 0.15) is 0 Å². The minimum absolute atomic E-state index is 0.0882. The molecule has 0 bridgehead atoms. The molecule has 3 heteroatoms. The van der Waals surface area contributed by atoms with Crippen LogP contribution in [0.25, 0.3) is 0 Å². The Morgan fingerprint density at radius 3 is 2.74 bits per heavy atom. The molecule has 3 nitrogen and oxygen atoms in total. The highest BCUT2D eigenvalue weighted by Crippen LogP contribution is 2.07. The van der Waals surface area contributed by atoms with E-state index in [0.29, 0.717) is 13.0 Å². The van der Waals surface area contributed by atoms with Gasteiger partial charge in [0.2, 0.25) is 5.91 Å². The first-order valence-electron chi connectivity index (χ1n) is 6.57. The SMILES string of the molecule is Cc1ccccc1CC(=O)NCCc1ccn(C)c1. The van der Waals surface area contributed by atoms with Crippen molar-refractivity contribution in [2.45, 2.75) is 19.8 Å². The van der Waals surface area contributed by atoms with Gasteiger partial charge in [-0.15, -0.1) is 0 Å². The zero-order chi connectivity index (χ0) is 13.7. The number of amides is 1. The fourth-order valence-electron chi connectivity index (χ4n) is 2.10. The number of hydrogen-bond acceptors (Lipinski definition) is 1. The Bertz CT molecular complexity index is 557. The van der Waals surface area contributed by atoms with Crippen molar-refractivity contribution in [2.24, 2.45) is 7.05 Å². The molecule has 1 aromatic heterocycles.